The summed E-state index contributed by atoms with van der Waals surface area (Å²) in [6, 6.07) is 5.09. The Morgan fingerprint density at radius 2 is 2.29 bits per heavy atom. The fraction of sp³-hybridized carbons (Fsp3) is 0.182. The number of nitrogens with zero attached hydrogens (tertiary/aromatic N) is 2. The number of hydrogen-bond acceptors (Lipinski definition) is 5. The topological polar surface area (TPSA) is 65.2 Å². The molecule has 0 radical (unpaired) electrons. The van der Waals surface area contributed by atoms with Crippen LogP contribution in [-0.4, -0.2) is 16.6 Å². The van der Waals surface area contributed by atoms with Gasteiger partial charge in [-0.25, -0.2) is 4.63 Å². The van der Waals surface area contributed by atoms with E-state index in [0.717, 1.165) is 10.8 Å². The van der Waals surface area contributed by atoms with Crippen LogP contribution in [-0.2, 0) is 6.61 Å². The number of carbonyl (C=O) groups excluding carboxylic acids is 1. The molecule has 0 aliphatic carbocycles. The number of benzene rings is 1. The van der Waals surface area contributed by atoms with Crippen LogP contribution in [0, 0.1) is 6.92 Å². The van der Waals surface area contributed by atoms with Crippen molar-refractivity contribution in [2.24, 2.45) is 0 Å². The number of halogens is 1. The average Bonchev–Trinajstić information content (AvgIpc) is 2.73. The molecule has 0 fully saturated rings. The molecule has 0 bridgehead atoms. The van der Waals surface area contributed by atoms with Crippen LogP contribution in [0.25, 0.3) is 0 Å². The Hall–Kier alpha value is -1.69. The van der Waals surface area contributed by atoms with E-state index in [1.165, 1.54) is 0 Å². The van der Waals surface area contributed by atoms with Crippen LogP contribution in [0.3, 0.4) is 0 Å². The molecule has 1 aromatic carbocycles. The Kier molecular flexibility index (Phi) is 3.53. The third-order valence-corrected chi connectivity index (χ3v) is 2.82. The molecule has 1 aromatic heterocycles. The summed E-state index contributed by atoms with van der Waals surface area (Å²) in [7, 11) is 0. The highest BCUT2D eigenvalue weighted by atomic mass is 79.9. The summed E-state index contributed by atoms with van der Waals surface area (Å²) in [5, 5.41) is 7.37. The molecule has 0 atom stereocenters. The van der Waals surface area contributed by atoms with Crippen LogP contribution in [0.5, 0.6) is 5.75 Å². The van der Waals surface area contributed by atoms with Gasteiger partial charge >= 0.3 is 0 Å². The van der Waals surface area contributed by atoms with Gasteiger partial charge in [-0.3, -0.25) is 4.79 Å². The van der Waals surface area contributed by atoms with Crippen LogP contribution < -0.4 is 4.74 Å². The summed E-state index contributed by atoms with van der Waals surface area (Å²) in [6.45, 7) is 2.06. The van der Waals surface area contributed by atoms with Crippen molar-refractivity contribution in [1.29, 1.82) is 0 Å². The fourth-order valence-electron chi connectivity index (χ4n) is 1.23. The second-order valence-electron chi connectivity index (χ2n) is 3.39. The van der Waals surface area contributed by atoms with E-state index in [1.807, 2.05) is 0 Å². The molecule has 0 saturated carbocycles. The molecule has 6 heteroatoms. The zero-order valence-electron chi connectivity index (χ0n) is 9.01. The van der Waals surface area contributed by atoms with Gasteiger partial charge in [-0.2, -0.15) is 0 Å². The molecule has 0 aliphatic heterocycles. The summed E-state index contributed by atoms with van der Waals surface area (Å²) in [4.78, 5) is 10.6. The molecule has 0 N–H and O–H groups in total. The lowest BCUT2D eigenvalue weighted by Crippen LogP contribution is -1.98. The number of rotatable bonds is 4. The van der Waals surface area contributed by atoms with E-state index in [9.17, 15) is 4.79 Å². The highest BCUT2D eigenvalue weighted by Crippen LogP contribution is 2.26. The first-order chi connectivity index (χ1) is 8.20. The van der Waals surface area contributed by atoms with E-state index in [-0.39, 0.29) is 6.61 Å². The Bertz CT molecular complexity index is 539. The highest BCUT2D eigenvalue weighted by molar-refractivity contribution is 9.10. The molecule has 88 valence electrons. The van der Waals surface area contributed by atoms with E-state index >= 15 is 0 Å². The van der Waals surface area contributed by atoms with Crippen molar-refractivity contribution >= 4 is 22.2 Å². The van der Waals surface area contributed by atoms with Gasteiger partial charge in [0.1, 0.15) is 30.0 Å². The third kappa shape index (κ3) is 2.71. The van der Waals surface area contributed by atoms with Crippen LogP contribution in [0.1, 0.15) is 21.7 Å². The number of ether oxygens (including phenoxy) is 1. The Balaban J connectivity index is 2.09. The SMILES string of the molecule is Cc1nonc1COc1ccc(C=O)cc1Br. The summed E-state index contributed by atoms with van der Waals surface area (Å²) < 4.78 is 10.8. The highest BCUT2D eigenvalue weighted by Gasteiger charge is 2.08. The van der Waals surface area contributed by atoms with E-state index in [4.69, 9.17) is 4.74 Å². The zero-order valence-corrected chi connectivity index (χ0v) is 10.6. The lowest BCUT2D eigenvalue weighted by molar-refractivity contribution is 0.112. The molecule has 0 spiro atoms. The van der Waals surface area contributed by atoms with Crippen LogP contribution in [0.15, 0.2) is 27.3 Å². The van der Waals surface area contributed by atoms with Crippen LogP contribution in [0.2, 0.25) is 0 Å². The second-order valence-corrected chi connectivity index (χ2v) is 4.25. The molecule has 2 aromatic rings. The smallest absolute Gasteiger partial charge is 0.150 e. The van der Waals surface area contributed by atoms with Gasteiger partial charge in [0.15, 0.2) is 0 Å². The van der Waals surface area contributed by atoms with Gasteiger partial charge in [-0.1, -0.05) is 10.3 Å². The van der Waals surface area contributed by atoms with Gasteiger partial charge in [0.05, 0.1) is 4.47 Å². The lowest BCUT2D eigenvalue weighted by atomic mass is 10.2. The number of hydrogen-bond donors (Lipinski definition) is 0. The Morgan fingerprint density at radius 3 is 2.88 bits per heavy atom. The Morgan fingerprint density at radius 1 is 1.47 bits per heavy atom. The second kappa shape index (κ2) is 5.09. The first kappa shape index (κ1) is 11.8. The predicted octanol–water partition coefficient (Wildman–Crippen LogP) is 2.53. The van der Waals surface area contributed by atoms with Gasteiger partial charge in [0.2, 0.25) is 0 Å². The molecule has 17 heavy (non-hydrogen) atoms. The Labute approximate surface area is 106 Å². The van der Waals surface area contributed by atoms with Gasteiger partial charge < -0.3 is 4.74 Å². The molecule has 0 saturated heterocycles. The summed E-state index contributed by atoms with van der Waals surface area (Å²) in [5.74, 6) is 0.637. The maximum Gasteiger partial charge on any atom is 0.150 e. The van der Waals surface area contributed by atoms with Gasteiger partial charge in [0, 0.05) is 5.56 Å². The van der Waals surface area contributed by atoms with Crippen LogP contribution in [0.4, 0.5) is 0 Å². The predicted molar refractivity (Wildman–Crippen MR) is 62.9 cm³/mol. The average molecular weight is 297 g/mol. The quantitative estimate of drug-likeness (QED) is 0.811. The van der Waals surface area contributed by atoms with Gasteiger partial charge in [0.25, 0.3) is 0 Å². The third-order valence-electron chi connectivity index (χ3n) is 2.20. The molecular weight excluding hydrogens is 288 g/mol. The van der Waals surface area contributed by atoms with Crippen molar-refractivity contribution in [3.63, 3.8) is 0 Å². The number of carbonyl (C=O) groups is 1. The minimum Gasteiger partial charge on any atom is -0.486 e. The van der Waals surface area contributed by atoms with Gasteiger partial charge in [-0.05, 0) is 41.1 Å². The van der Waals surface area contributed by atoms with Gasteiger partial charge in [-0.15, -0.1) is 0 Å². The van der Waals surface area contributed by atoms with Crippen molar-refractivity contribution in [2.75, 3.05) is 0 Å². The van der Waals surface area contributed by atoms with Crippen molar-refractivity contribution in [2.45, 2.75) is 13.5 Å². The molecule has 2 rings (SSSR count). The standard InChI is InChI=1S/C11H9BrN2O3/c1-7-10(14-17-13-7)6-16-11-3-2-8(5-15)4-9(11)12/h2-5H,6H2,1H3. The molecule has 5 nitrogen and oxygen atoms in total. The maximum absolute atomic E-state index is 10.6. The van der Waals surface area contributed by atoms with Crippen molar-refractivity contribution in [3.8, 4) is 5.75 Å². The largest absolute Gasteiger partial charge is 0.486 e. The summed E-state index contributed by atoms with van der Waals surface area (Å²) in [5.41, 5.74) is 1.94. The minimum absolute atomic E-state index is 0.272. The van der Waals surface area contributed by atoms with E-state index < -0.39 is 0 Å². The summed E-state index contributed by atoms with van der Waals surface area (Å²) >= 11 is 3.33. The monoisotopic (exact) mass is 296 g/mol. The van der Waals surface area contributed by atoms with Crippen molar-refractivity contribution in [1.82, 2.24) is 10.3 Å². The molecule has 1 heterocycles. The summed E-state index contributed by atoms with van der Waals surface area (Å²) in [6.07, 6.45) is 0.778. The van der Waals surface area contributed by atoms with E-state index in [2.05, 4.69) is 30.9 Å². The lowest BCUT2D eigenvalue weighted by Gasteiger charge is -2.06. The van der Waals surface area contributed by atoms with E-state index in [0.29, 0.717) is 22.7 Å². The zero-order chi connectivity index (χ0) is 12.3. The number of aryl methyl sites for hydroxylation is 1. The molecular formula is C11H9BrN2O3. The van der Waals surface area contributed by atoms with Crippen molar-refractivity contribution in [3.05, 3.63) is 39.6 Å². The minimum atomic E-state index is 0.272. The number of aldehydes is 1. The maximum atomic E-state index is 10.6. The van der Waals surface area contributed by atoms with Crippen molar-refractivity contribution < 1.29 is 14.2 Å². The molecule has 0 amide bonds. The first-order valence-electron chi connectivity index (χ1n) is 4.86. The van der Waals surface area contributed by atoms with E-state index in [1.54, 1.807) is 25.1 Å². The first-order valence-corrected chi connectivity index (χ1v) is 5.65. The normalized spacial score (nSPS) is 10.2. The van der Waals surface area contributed by atoms with Crippen LogP contribution >= 0.6 is 15.9 Å². The molecule has 0 aliphatic rings. The number of aromatic nitrogens is 2. The molecule has 0 unspecified atom stereocenters. The fourth-order valence-corrected chi connectivity index (χ4v) is 1.74.